The molecule has 1 aromatic heterocycles. The predicted octanol–water partition coefficient (Wildman–Crippen LogP) is 4.02. The van der Waals surface area contributed by atoms with Crippen LogP contribution in [0.25, 0.3) is 0 Å². The Morgan fingerprint density at radius 1 is 1.17 bits per heavy atom. The van der Waals surface area contributed by atoms with Gasteiger partial charge in [0.1, 0.15) is 12.4 Å². The first-order valence-electron chi connectivity index (χ1n) is 5.90. The van der Waals surface area contributed by atoms with Crippen molar-refractivity contribution < 1.29 is 4.74 Å². The summed E-state index contributed by atoms with van der Waals surface area (Å²) in [4.78, 5) is 4.36. The summed E-state index contributed by atoms with van der Waals surface area (Å²) in [5.41, 5.74) is 4.13. The molecule has 0 radical (unpaired) electrons. The normalized spacial score (nSPS) is 10.4. The average molecular weight is 262 g/mol. The van der Waals surface area contributed by atoms with Gasteiger partial charge in [-0.15, -0.1) is 11.6 Å². The van der Waals surface area contributed by atoms with E-state index in [4.69, 9.17) is 16.3 Å². The number of pyridine rings is 1. The molecule has 1 aromatic carbocycles. The van der Waals surface area contributed by atoms with Crippen molar-refractivity contribution in [2.75, 3.05) is 0 Å². The summed E-state index contributed by atoms with van der Waals surface area (Å²) in [5, 5.41) is 0. The third-order valence-electron chi connectivity index (χ3n) is 2.68. The molecule has 0 spiro atoms. The smallest absolute Gasteiger partial charge is 0.142 e. The fourth-order valence-electron chi connectivity index (χ4n) is 1.79. The number of nitrogens with zero attached hydrogens (tertiary/aromatic N) is 1. The fraction of sp³-hybridized carbons (Fsp3) is 0.267. The molecule has 18 heavy (non-hydrogen) atoms. The van der Waals surface area contributed by atoms with Crippen LogP contribution < -0.4 is 4.74 Å². The molecule has 0 unspecified atom stereocenters. The van der Waals surface area contributed by atoms with E-state index in [0.29, 0.717) is 12.5 Å². The third-order valence-corrected chi connectivity index (χ3v) is 2.93. The highest BCUT2D eigenvalue weighted by molar-refractivity contribution is 6.17. The topological polar surface area (TPSA) is 22.1 Å². The van der Waals surface area contributed by atoms with Gasteiger partial charge in [0.05, 0.1) is 11.6 Å². The lowest BCUT2D eigenvalue weighted by Crippen LogP contribution is -2.00. The molecule has 2 nitrogen and oxygen atoms in total. The molecule has 0 atom stereocenters. The minimum atomic E-state index is 0.366. The summed E-state index contributed by atoms with van der Waals surface area (Å²) in [7, 11) is 0. The van der Waals surface area contributed by atoms with Crippen molar-refractivity contribution in [1.82, 2.24) is 4.98 Å². The number of rotatable bonds is 4. The predicted molar refractivity (Wildman–Crippen MR) is 74.0 cm³/mol. The zero-order valence-corrected chi connectivity index (χ0v) is 11.4. The monoisotopic (exact) mass is 261 g/mol. The van der Waals surface area contributed by atoms with E-state index in [1.54, 1.807) is 0 Å². The first kappa shape index (κ1) is 12.9. The SMILES string of the molecule is Cc1cccc(COc2ccc(C)nc2CCl)c1. The number of halogens is 1. The van der Waals surface area contributed by atoms with Gasteiger partial charge < -0.3 is 4.74 Å². The quantitative estimate of drug-likeness (QED) is 0.776. The van der Waals surface area contributed by atoms with Gasteiger partial charge in [-0.25, -0.2) is 0 Å². The Hall–Kier alpha value is -1.54. The first-order valence-corrected chi connectivity index (χ1v) is 6.43. The first-order chi connectivity index (χ1) is 8.69. The van der Waals surface area contributed by atoms with Crippen LogP contribution in [0.5, 0.6) is 5.75 Å². The number of alkyl halides is 1. The van der Waals surface area contributed by atoms with Crippen molar-refractivity contribution in [2.45, 2.75) is 26.3 Å². The number of hydrogen-bond acceptors (Lipinski definition) is 2. The Morgan fingerprint density at radius 3 is 2.72 bits per heavy atom. The second-order valence-electron chi connectivity index (χ2n) is 4.31. The van der Waals surface area contributed by atoms with Gasteiger partial charge in [0, 0.05) is 5.69 Å². The molecule has 94 valence electrons. The number of ether oxygens (including phenoxy) is 1. The standard InChI is InChI=1S/C15H16ClNO/c1-11-4-3-5-13(8-11)10-18-15-7-6-12(2)17-14(15)9-16/h3-8H,9-10H2,1-2H3. The van der Waals surface area contributed by atoms with Crippen LogP contribution in [-0.4, -0.2) is 4.98 Å². The van der Waals surface area contributed by atoms with Crippen molar-refractivity contribution in [3.63, 3.8) is 0 Å². The molecule has 3 heteroatoms. The molecule has 0 fully saturated rings. The Kier molecular flexibility index (Phi) is 4.21. The van der Waals surface area contributed by atoms with Crippen LogP contribution in [0.4, 0.5) is 0 Å². The van der Waals surface area contributed by atoms with Crippen LogP contribution in [0.2, 0.25) is 0 Å². The molecule has 0 bridgehead atoms. The van der Waals surface area contributed by atoms with E-state index in [9.17, 15) is 0 Å². The Bertz CT molecular complexity index is 540. The van der Waals surface area contributed by atoms with E-state index in [1.807, 2.05) is 25.1 Å². The van der Waals surface area contributed by atoms with Crippen molar-refractivity contribution in [1.29, 1.82) is 0 Å². The van der Waals surface area contributed by atoms with E-state index >= 15 is 0 Å². The molecular weight excluding hydrogens is 246 g/mol. The molecule has 2 rings (SSSR count). The number of aryl methyl sites for hydroxylation is 2. The zero-order valence-electron chi connectivity index (χ0n) is 10.6. The van der Waals surface area contributed by atoms with E-state index in [0.717, 1.165) is 22.7 Å². The minimum absolute atomic E-state index is 0.366. The molecule has 1 heterocycles. The van der Waals surface area contributed by atoms with Crippen molar-refractivity contribution >= 4 is 11.6 Å². The maximum atomic E-state index is 5.87. The lowest BCUT2D eigenvalue weighted by Gasteiger charge is -2.10. The Balaban J connectivity index is 2.10. The maximum Gasteiger partial charge on any atom is 0.142 e. The highest BCUT2D eigenvalue weighted by atomic mass is 35.5. The van der Waals surface area contributed by atoms with E-state index in [1.165, 1.54) is 5.56 Å². The van der Waals surface area contributed by atoms with Crippen LogP contribution >= 0.6 is 11.6 Å². The van der Waals surface area contributed by atoms with E-state index in [-0.39, 0.29) is 0 Å². The summed E-state index contributed by atoms with van der Waals surface area (Å²) in [6, 6.07) is 12.1. The zero-order chi connectivity index (χ0) is 13.0. The van der Waals surface area contributed by atoms with Gasteiger partial charge in [-0.1, -0.05) is 29.8 Å². The summed E-state index contributed by atoms with van der Waals surface area (Å²) >= 11 is 5.87. The van der Waals surface area contributed by atoms with Crippen molar-refractivity contribution in [3.8, 4) is 5.75 Å². The molecular formula is C15H16ClNO. The number of benzene rings is 1. The maximum absolute atomic E-state index is 5.87. The van der Waals surface area contributed by atoms with Crippen molar-refractivity contribution in [2.24, 2.45) is 0 Å². The molecule has 0 N–H and O–H groups in total. The molecule has 0 saturated carbocycles. The van der Waals surface area contributed by atoms with E-state index < -0.39 is 0 Å². The second kappa shape index (κ2) is 5.87. The molecule has 0 aliphatic carbocycles. The summed E-state index contributed by atoms with van der Waals surface area (Å²) in [6.45, 7) is 4.55. The third kappa shape index (κ3) is 3.23. The molecule has 0 aliphatic heterocycles. The fourth-order valence-corrected chi connectivity index (χ4v) is 1.98. The summed E-state index contributed by atoms with van der Waals surface area (Å²) in [6.07, 6.45) is 0. The van der Waals surface area contributed by atoms with Gasteiger partial charge in [0.2, 0.25) is 0 Å². The average Bonchev–Trinajstić information content (AvgIpc) is 2.37. The van der Waals surface area contributed by atoms with E-state index in [2.05, 4.69) is 30.1 Å². The lowest BCUT2D eigenvalue weighted by atomic mass is 10.1. The highest BCUT2D eigenvalue weighted by Crippen LogP contribution is 2.20. The van der Waals surface area contributed by atoms with Crippen LogP contribution in [0.1, 0.15) is 22.5 Å². The minimum Gasteiger partial charge on any atom is -0.487 e. The van der Waals surface area contributed by atoms with Crippen LogP contribution in [0, 0.1) is 13.8 Å². The molecule has 0 aliphatic rings. The van der Waals surface area contributed by atoms with Gasteiger partial charge >= 0.3 is 0 Å². The second-order valence-corrected chi connectivity index (χ2v) is 4.58. The van der Waals surface area contributed by atoms with Crippen LogP contribution in [0.3, 0.4) is 0 Å². The summed E-state index contributed by atoms with van der Waals surface area (Å²) < 4.78 is 5.78. The van der Waals surface area contributed by atoms with Gasteiger partial charge in [0.15, 0.2) is 0 Å². The Morgan fingerprint density at radius 2 is 2.00 bits per heavy atom. The lowest BCUT2D eigenvalue weighted by molar-refractivity contribution is 0.302. The van der Waals surface area contributed by atoms with Gasteiger partial charge in [-0.3, -0.25) is 4.98 Å². The molecule has 0 amide bonds. The highest BCUT2D eigenvalue weighted by Gasteiger charge is 2.05. The van der Waals surface area contributed by atoms with Crippen molar-refractivity contribution in [3.05, 3.63) is 58.9 Å². The van der Waals surface area contributed by atoms with Gasteiger partial charge in [-0.2, -0.15) is 0 Å². The molecule has 2 aromatic rings. The summed E-state index contributed by atoms with van der Waals surface area (Å²) in [5.74, 6) is 1.13. The van der Waals surface area contributed by atoms with Gasteiger partial charge in [-0.05, 0) is 31.5 Å². The number of aromatic nitrogens is 1. The molecule has 0 saturated heterocycles. The van der Waals surface area contributed by atoms with Crippen LogP contribution in [0.15, 0.2) is 36.4 Å². The number of hydrogen-bond donors (Lipinski definition) is 0. The van der Waals surface area contributed by atoms with Gasteiger partial charge in [0.25, 0.3) is 0 Å². The Labute approximate surface area is 113 Å². The largest absolute Gasteiger partial charge is 0.487 e. The van der Waals surface area contributed by atoms with Crippen LogP contribution in [-0.2, 0) is 12.5 Å².